The summed E-state index contributed by atoms with van der Waals surface area (Å²) >= 11 is 8.43. The van der Waals surface area contributed by atoms with Crippen molar-refractivity contribution in [3.8, 4) is 0 Å². The summed E-state index contributed by atoms with van der Waals surface area (Å²) in [5.74, 6) is 1.84. The molecule has 0 bridgehead atoms. The zero-order chi connectivity index (χ0) is 11.5. The number of halogens is 1. The Labute approximate surface area is 108 Å². The van der Waals surface area contributed by atoms with Crippen LogP contribution >= 0.6 is 23.4 Å². The molecule has 1 fully saturated rings. The molecular formula is C13H22ClNS. The third-order valence-electron chi connectivity index (χ3n) is 3.78. The Morgan fingerprint density at radius 1 is 1.25 bits per heavy atom. The fraction of sp³-hybridized carbons (Fsp3) is 0.923. The van der Waals surface area contributed by atoms with E-state index in [-0.39, 0.29) is 0 Å². The predicted octanol–water partition coefficient (Wildman–Crippen LogP) is 4.14. The molecule has 0 radical (unpaired) electrons. The molecule has 0 N–H and O–H groups in total. The minimum absolute atomic E-state index is 0.401. The van der Waals surface area contributed by atoms with Gasteiger partial charge in [0.2, 0.25) is 0 Å². The maximum absolute atomic E-state index is 6.31. The smallest absolute Gasteiger partial charge is 0.0643 e. The maximum Gasteiger partial charge on any atom is 0.0643 e. The van der Waals surface area contributed by atoms with Gasteiger partial charge in [-0.2, -0.15) is 11.8 Å². The highest BCUT2D eigenvalue weighted by molar-refractivity contribution is 8.00. The molecule has 0 amide bonds. The van der Waals surface area contributed by atoms with Crippen LogP contribution in [-0.2, 0) is 0 Å². The van der Waals surface area contributed by atoms with Crippen LogP contribution in [0.4, 0.5) is 0 Å². The molecule has 3 unspecified atom stereocenters. The number of fused-ring (bicyclic) bond motifs is 1. The van der Waals surface area contributed by atoms with Gasteiger partial charge in [-0.3, -0.25) is 4.99 Å². The second-order valence-corrected chi connectivity index (χ2v) is 7.13. The zero-order valence-electron chi connectivity index (χ0n) is 10.3. The lowest BCUT2D eigenvalue weighted by atomic mass is 9.93. The van der Waals surface area contributed by atoms with Crippen LogP contribution in [0.25, 0.3) is 0 Å². The minimum atomic E-state index is 0.401. The number of hydrogen-bond acceptors (Lipinski definition) is 2. The van der Waals surface area contributed by atoms with Gasteiger partial charge >= 0.3 is 0 Å². The number of nitrogens with zero attached hydrogens (tertiary/aromatic N) is 1. The van der Waals surface area contributed by atoms with E-state index < -0.39 is 0 Å². The lowest BCUT2D eigenvalue weighted by Gasteiger charge is -2.32. The lowest BCUT2D eigenvalue weighted by molar-refractivity contribution is 0.408. The third-order valence-corrected chi connectivity index (χ3v) is 5.74. The zero-order valence-corrected chi connectivity index (χ0v) is 11.9. The van der Waals surface area contributed by atoms with E-state index in [1.54, 1.807) is 0 Å². The molecule has 1 heterocycles. The van der Waals surface area contributed by atoms with Crippen LogP contribution in [0.1, 0.15) is 46.0 Å². The average molecular weight is 260 g/mol. The molecule has 0 saturated heterocycles. The molecule has 1 nitrogen and oxygen atoms in total. The Hall–Kier alpha value is 0.310. The van der Waals surface area contributed by atoms with E-state index in [2.05, 4.69) is 25.6 Å². The van der Waals surface area contributed by atoms with E-state index >= 15 is 0 Å². The van der Waals surface area contributed by atoms with E-state index in [9.17, 15) is 0 Å². The van der Waals surface area contributed by atoms with Gasteiger partial charge < -0.3 is 0 Å². The van der Waals surface area contributed by atoms with Crippen LogP contribution < -0.4 is 0 Å². The molecule has 0 aromatic rings. The predicted molar refractivity (Wildman–Crippen MR) is 75.0 cm³/mol. The number of alkyl halides is 1. The van der Waals surface area contributed by atoms with Gasteiger partial charge in [-0.05, 0) is 38.5 Å². The molecule has 4 atom stereocenters. The van der Waals surface area contributed by atoms with E-state index in [0.29, 0.717) is 17.3 Å². The van der Waals surface area contributed by atoms with Crippen LogP contribution in [0.2, 0.25) is 0 Å². The molecule has 1 aliphatic carbocycles. The third kappa shape index (κ3) is 3.16. The van der Waals surface area contributed by atoms with Crippen LogP contribution in [0, 0.1) is 5.92 Å². The molecule has 92 valence electrons. The molecule has 0 spiro atoms. The molecule has 0 aromatic carbocycles. The summed E-state index contributed by atoms with van der Waals surface area (Å²) in [4.78, 5) is 4.91. The van der Waals surface area contributed by atoms with E-state index in [1.807, 2.05) is 0 Å². The fourth-order valence-electron chi connectivity index (χ4n) is 2.75. The van der Waals surface area contributed by atoms with Gasteiger partial charge in [-0.1, -0.05) is 13.3 Å². The Morgan fingerprint density at radius 3 is 2.88 bits per heavy atom. The number of rotatable bonds is 0. The number of hydrogen-bond donors (Lipinski definition) is 0. The summed E-state index contributed by atoms with van der Waals surface area (Å²) in [6.45, 7) is 4.53. The van der Waals surface area contributed by atoms with E-state index in [1.165, 1.54) is 37.8 Å². The van der Waals surface area contributed by atoms with Crippen molar-refractivity contribution in [3.05, 3.63) is 0 Å². The van der Waals surface area contributed by atoms with Crippen molar-refractivity contribution >= 4 is 29.1 Å². The first-order chi connectivity index (χ1) is 7.66. The minimum Gasteiger partial charge on any atom is -0.289 e. The second kappa shape index (κ2) is 5.77. The Balaban J connectivity index is 2.09. The Bertz CT molecular complexity index is 267. The van der Waals surface area contributed by atoms with Gasteiger partial charge in [0.1, 0.15) is 0 Å². The number of aliphatic imine (C=N–C) groups is 1. The Morgan fingerprint density at radius 2 is 2.06 bits per heavy atom. The first-order valence-electron chi connectivity index (χ1n) is 6.45. The first kappa shape index (κ1) is 12.8. The summed E-state index contributed by atoms with van der Waals surface area (Å²) in [6, 6.07) is 0.556. The van der Waals surface area contributed by atoms with Crippen LogP contribution in [-0.4, -0.2) is 28.1 Å². The van der Waals surface area contributed by atoms with Crippen LogP contribution in [0.3, 0.4) is 0 Å². The van der Waals surface area contributed by atoms with Gasteiger partial charge in [0.05, 0.1) is 6.04 Å². The summed E-state index contributed by atoms with van der Waals surface area (Å²) in [7, 11) is 0. The van der Waals surface area contributed by atoms with Crippen molar-refractivity contribution in [3.63, 3.8) is 0 Å². The average Bonchev–Trinajstić information content (AvgIpc) is 2.32. The molecule has 1 saturated carbocycles. The van der Waals surface area contributed by atoms with Crippen molar-refractivity contribution in [1.82, 2.24) is 0 Å². The summed E-state index contributed by atoms with van der Waals surface area (Å²) in [5.41, 5.74) is 1.33. The molecule has 16 heavy (non-hydrogen) atoms. The van der Waals surface area contributed by atoms with Crippen molar-refractivity contribution in [2.24, 2.45) is 10.9 Å². The van der Waals surface area contributed by atoms with Gasteiger partial charge in [0.25, 0.3) is 0 Å². The highest BCUT2D eigenvalue weighted by Crippen LogP contribution is 2.35. The summed E-state index contributed by atoms with van der Waals surface area (Å²) < 4.78 is 0. The van der Waals surface area contributed by atoms with Crippen LogP contribution in [0.15, 0.2) is 4.99 Å². The van der Waals surface area contributed by atoms with E-state index in [0.717, 1.165) is 11.0 Å². The first-order valence-corrected chi connectivity index (χ1v) is 7.94. The fourth-order valence-corrected chi connectivity index (χ4v) is 4.42. The highest BCUT2D eigenvalue weighted by Gasteiger charge is 2.31. The molecular weight excluding hydrogens is 238 g/mol. The Kier molecular flexibility index (Phi) is 4.60. The molecule has 3 heteroatoms. The lowest BCUT2D eigenvalue weighted by Crippen LogP contribution is -2.33. The van der Waals surface area contributed by atoms with E-state index in [4.69, 9.17) is 16.6 Å². The van der Waals surface area contributed by atoms with Crippen LogP contribution in [0.5, 0.6) is 0 Å². The van der Waals surface area contributed by atoms with Gasteiger partial charge in [-0.25, -0.2) is 0 Å². The van der Waals surface area contributed by atoms with Crippen molar-refractivity contribution in [1.29, 1.82) is 0 Å². The topological polar surface area (TPSA) is 12.4 Å². The SMILES string of the molecule is CC1=NC2C(C)CC[C@H](Cl)CCCC2SC1. The maximum atomic E-state index is 6.31. The van der Waals surface area contributed by atoms with Crippen molar-refractivity contribution < 1.29 is 0 Å². The molecule has 2 rings (SSSR count). The van der Waals surface area contributed by atoms with Gasteiger partial charge in [0, 0.05) is 22.1 Å². The quantitative estimate of drug-likeness (QED) is 0.596. The molecule has 0 aromatic heterocycles. The molecule has 1 aliphatic heterocycles. The number of thioether (sulfide) groups is 1. The highest BCUT2D eigenvalue weighted by atomic mass is 35.5. The van der Waals surface area contributed by atoms with Gasteiger partial charge in [0.15, 0.2) is 0 Å². The summed E-state index contributed by atoms with van der Waals surface area (Å²) in [6.07, 6.45) is 6.20. The standard InChI is InChI=1S/C13H22ClNS/c1-9-6-7-11(14)4-3-5-12-13(9)15-10(2)8-16-12/h9,11-13H,3-8H2,1-2H3/t9?,11-,12?,13?/m1/s1. The second-order valence-electron chi connectivity index (χ2n) is 5.29. The monoisotopic (exact) mass is 259 g/mol. The van der Waals surface area contributed by atoms with Gasteiger partial charge in [-0.15, -0.1) is 11.6 Å². The van der Waals surface area contributed by atoms with Crippen molar-refractivity contribution in [2.75, 3.05) is 5.75 Å². The molecule has 2 aliphatic rings. The van der Waals surface area contributed by atoms with Crippen molar-refractivity contribution in [2.45, 2.75) is 62.6 Å². The normalized spacial score (nSPS) is 41.3. The largest absolute Gasteiger partial charge is 0.289 e. The summed E-state index contributed by atoms with van der Waals surface area (Å²) in [5, 5.41) is 1.15.